The first kappa shape index (κ1) is 13.4. The van der Waals surface area contributed by atoms with Gasteiger partial charge in [-0.15, -0.1) is 0 Å². The molecule has 0 saturated heterocycles. The third-order valence-electron chi connectivity index (χ3n) is 2.09. The summed E-state index contributed by atoms with van der Waals surface area (Å²) in [6.45, 7) is 1.89. The van der Waals surface area contributed by atoms with E-state index in [-0.39, 0.29) is 5.82 Å². The number of hydrogen-bond donors (Lipinski definition) is 1. The Balaban J connectivity index is 3.15. The number of nitrogens with zero attached hydrogens (tertiary/aromatic N) is 2. The molecule has 94 valence electrons. The predicted octanol–water partition coefficient (Wildman–Crippen LogP) is 2.54. The third-order valence-corrected chi connectivity index (χ3v) is 2.09. The van der Waals surface area contributed by atoms with Gasteiger partial charge in [0.2, 0.25) is 0 Å². The molecule has 0 fully saturated rings. The zero-order valence-corrected chi connectivity index (χ0v) is 9.08. The molecule has 1 rings (SSSR count). The summed E-state index contributed by atoms with van der Waals surface area (Å²) in [5, 5.41) is 8.62. The zero-order valence-electron chi connectivity index (χ0n) is 9.08. The van der Waals surface area contributed by atoms with Crippen molar-refractivity contribution in [3.63, 3.8) is 0 Å². The van der Waals surface area contributed by atoms with Gasteiger partial charge in [-0.05, 0) is 6.42 Å². The summed E-state index contributed by atoms with van der Waals surface area (Å²) >= 11 is 0. The zero-order chi connectivity index (χ0) is 13.1. The number of aromatic nitrogens is 2. The molecule has 0 bridgehead atoms. The first-order valence-electron chi connectivity index (χ1n) is 5.02. The molecule has 17 heavy (non-hydrogen) atoms. The average Bonchev–Trinajstić information content (AvgIpc) is 2.24. The van der Waals surface area contributed by atoms with Crippen molar-refractivity contribution in [2.24, 2.45) is 0 Å². The molecule has 0 spiro atoms. The van der Waals surface area contributed by atoms with Crippen LogP contribution in [0, 0.1) is 0 Å². The maximum atomic E-state index is 12.6. The molecule has 0 saturated carbocycles. The SMILES string of the molecule is CCCCc1ncc(C(=O)O)c(C(F)(F)F)n1. The van der Waals surface area contributed by atoms with Gasteiger partial charge in [0.25, 0.3) is 0 Å². The number of alkyl halides is 3. The topological polar surface area (TPSA) is 63.1 Å². The predicted molar refractivity (Wildman–Crippen MR) is 52.6 cm³/mol. The summed E-state index contributed by atoms with van der Waals surface area (Å²) in [6, 6.07) is 0. The molecule has 1 aromatic heterocycles. The Hall–Kier alpha value is -1.66. The number of rotatable bonds is 4. The molecule has 7 heteroatoms. The molecule has 0 radical (unpaired) electrons. The van der Waals surface area contributed by atoms with Gasteiger partial charge in [-0.2, -0.15) is 13.2 Å². The summed E-state index contributed by atoms with van der Waals surface area (Å²) in [5.41, 5.74) is -2.30. The number of aromatic carboxylic acids is 1. The Morgan fingerprint density at radius 2 is 2.12 bits per heavy atom. The lowest BCUT2D eigenvalue weighted by Gasteiger charge is -2.10. The average molecular weight is 248 g/mol. The van der Waals surface area contributed by atoms with Crippen molar-refractivity contribution in [2.75, 3.05) is 0 Å². The fraction of sp³-hybridized carbons (Fsp3) is 0.500. The minimum absolute atomic E-state index is 0.0178. The second kappa shape index (κ2) is 5.11. The summed E-state index contributed by atoms with van der Waals surface area (Å²) in [7, 11) is 0. The standard InChI is InChI=1S/C10H11F3N2O2/c1-2-3-4-7-14-5-6(9(16)17)8(15-7)10(11,12)13/h5H,2-4H2,1H3,(H,16,17). The van der Waals surface area contributed by atoms with E-state index in [0.29, 0.717) is 19.0 Å². The molecule has 0 aliphatic heterocycles. The van der Waals surface area contributed by atoms with Crippen LogP contribution in [0.15, 0.2) is 6.20 Å². The van der Waals surface area contributed by atoms with E-state index in [9.17, 15) is 18.0 Å². The van der Waals surface area contributed by atoms with Crippen LogP contribution in [0.4, 0.5) is 13.2 Å². The van der Waals surface area contributed by atoms with E-state index >= 15 is 0 Å². The second-order valence-electron chi connectivity index (χ2n) is 3.45. The smallest absolute Gasteiger partial charge is 0.434 e. The van der Waals surface area contributed by atoms with Crippen LogP contribution in [0.5, 0.6) is 0 Å². The molecule has 0 unspecified atom stereocenters. The van der Waals surface area contributed by atoms with Gasteiger partial charge in [-0.1, -0.05) is 13.3 Å². The Morgan fingerprint density at radius 1 is 1.47 bits per heavy atom. The Morgan fingerprint density at radius 3 is 2.59 bits per heavy atom. The molecule has 1 aromatic rings. The van der Waals surface area contributed by atoms with Crippen molar-refractivity contribution in [3.8, 4) is 0 Å². The van der Waals surface area contributed by atoms with Crippen molar-refractivity contribution in [3.05, 3.63) is 23.3 Å². The van der Waals surface area contributed by atoms with Gasteiger partial charge in [0, 0.05) is 12.6 Å². The highest BCUT2D eigenvalue weighted by atomic mass is 19.4. The second-order valence-corrected chi connectivity index (χ2v) is 3.45. The van der Waals surface area contributed by atoms with E-state index in [2.05, 4.69) is 9.97 Å². The van der Waals surface area contributed by atoms with Crippen molar-refractivity contribution >= 4 is 5.97 Å². The molecule has 0 aromatic carbocycles. The highest BCUT2D eigenvalue weighted by Gasteiger charge is 2.38. The maximum Gasteiger partial charge on any atom is 0.434 e. The van der Waals surface area contributed by atoms with E-state index in [1.807, 2.05) is 6.92 Å². The quantitative estimate of drug-likeness (QED) is 0.889. The van der Waals surface area contributed by atoms with Gasteiger partial charge in [0.1, 0.15) is 11.4 Å². The van der Waals surface area contributed by atoms with Crippen LogP contribution >= 0.6 is 0 Å². The maximum absolute atomic E-state index is 12.6. The number of unbranched alkanes of at least 4 members (excludes halogenated alkanes) is 1. The lowest BCUT2D eigenvalue weighted by Crippen LogP contribution is -2.17. The minimum atomic E-state index is -4.78. The van der Waals surface area contributed by atoms with Crippen LogP contribution in [-0.2, 0) is 12.6 Å². The molecular formula is C10H11F3N2O2. The van der Waals surface area contributed by atoms with Crippen LogP contribution in [0.1, 0.15) is 41.6 Å². The molecule has 1 N–H and O–H groups in total. The molecule has 0 atom stereocenters. The van der Waals surface area contributed by atoms with E-state index in [0.717, 1.165) is 6.42 Å². The van der Waals surface area contributed by atoms with E-state index in [1.165, 1.54) is 0 Å². The highest BCUT2D eigenvalue weighted by molar-refractivity contribution is 5.88. The molecule has 0 aliphatic rings. The van der Waals surface area contributed by atoms with E-state index < -0.39 is 23.4 Å². The van der Waals surface area contributed by atoms with Gasteiger partial charge < -0.3 is 5.11 Å². The van der Waals surface area contributed by atoms with Crippen molar-refractivity contribution < 1.29 is 23.1 Å². The summed E-state index contributed by atoms with van der Waals surface area (Å²) in [4.78, 5) is 17.5. The van der Waals surface area contributed by atoms with Gasteiger partial charge in [0.05, 0.1) is 0 Å². The van der Waals surface area contributed by atoms with E-state index in [1.54, 1.807) is 0 Å². The summed E-state index contributed by atoms with van der Waals surface area (Å²) in [5.74, 6) is -1.66. The molecular weight excluding hydrogens is 237 g/mol. The highest BCUT2D eigenvalue weighted by Crippen LogP contribution is 2.30. The van der Waals surface area contributed by atoms with Gasteiger partial charge in [-0.25, -0.2) is 14.8 Å². The number of carbonyl (C=O) groups is 1. The molecule has 0 amide bonds. The van der Waals surface area contributed by atoms with Crippen molar-refractivity contribution in [1.29, 1.82) is 0 Å². The van der Waals surface area contributed by atoms with Gasteiger partial charge in [-0.3, -0.25) is 0 Å². The van der Waals surface area contributed by atoms with Crippen LogP contribution in [0.3, 0.4) is 0 Å². The van der Waals surface area contributed by atoms with Gasteiger partial charge >= 0.3 is 12.1 Å². The van der Waals surface area contributed by atoms with Crippen molar-refractivity contribution in [2.45, 2.75) is 32.4 Å². The first-order valence-corrected chi connectivity index (χ1v) is 5.02. The molecule has 4 nitrogen and oxygen atoms in total. The Labute approximate surface area is 95.5 Å². The number of carboxylic acids is 1. The van der Waals surface area contributed by atoms with Crippen LogP contribution in [0.2, 0.25) is 0 Å². The lowest BCUT2D eigenvalue weighted by molar-refractivity contribution is -0.141. The molecule has 1 heterocycles. The van der Waals surface area contributed by atoms with Crippen LogP contribution < -0.4 is 0 Å². The lowest BCUT2D eigenvalue weighted by atomic mass is 10.2. The summed E-state index contributed by atoms with van der Waals surface area (Å²) in [6.07, 6.45) is -2.31. The Bertz CT molecular complexity index is 419. The number of aryl methyl sites for hydroxylation is 1. The van der Waals surface area contributed by atoms with Crippen LogP contribution in [-0.4, -0.2) is 21.0 Å². The number of carboxylic acid groups (broad SMARTS) is 1. The third kappa shape index (κ3) is 3.40. The summed E-state index contributed by atoms with van der Waals surface area (Å²) < 4.78 is 37.7. The molecule has 0 aliphatic carbocycles. The first-order chi connectivity index (χ1) is 7.86. The largest absolute Gasteiger partial charge is 0.478 e. The fourth-order valence-corrected chi connectivity index (χ4v) is 1.25. The van der Waals surface area contributed by atoms with Crippen molar-refractivity contribution in [1.82, 2.24) is 9.97 Å². The number of hydrogen-bond acceptors (Lipinski definition) is 3. The van der Waals surface area contributed by atoms with Crippen LogP contribution in [0.25, 0.3) is 0 Å². The monoisotopic (exact) mass is 248 g/mol. The van der Waals surface area contributed by atoms with E-state index in [4.69, 9.17) is 5.11 Å². The van der Waals surface area contributed by atoms with Gasteiger partial charge in [0.15, 0.2) is 5.69 Å². The fourth-order valence-electron chi connectivity index (χ4n) is 1.25. The minimum Gasteiger partial charge on any atom is -0.478 e. The Kier molecular flexibility index (Phi) is 4.03. The normalized spacial score (nSPS) is 11.5. The number of halogens is 3.